The third-order valence-electron chi connectivity index (χ3n) is 10.4. The number of methoxy groups -OCH3 is 3. The molecule has 2 aromatic heterocycles. The second kappa shape index (κ2) is 9.02. The summed E-state index contributed by atoms with van der Waals surface area (Å²) >= 11 is 0. The van der Waals surface area contributed by atoms with Crippen molar-refractivity contribution in [3.05, 3.63) is 83.4 Å². The van der Waals surface area contributed by atoms with E-state index in [-0.39, 0.29) is 12.3 Å². The van der Waals surface area contributed by atoms with Gasteiger partial charge in [-0.2, -0.15) is 0 Å². The number of aromatic nitrogens is 2. The zero-order valence-electron chi connectivity index (χ0n) is 25.8. The molecule has 3 aliphatic heterocycles. The molecule has 9 rings (SSSR count). The molecule has 1 fully saturated rings. The van der Waals surface area contributed by atoms with Crippen molar-refractivity contribution in [3.8, 4) is 11.5 Å². The molecule has 2 bridgehead atoms. The van der Waals surface area contributed by atoms with Crippen LogP contribution >= 0.6 is 0 Å². The quantitative estimate of drug-likeness (QED) is 0.252. The summed E-state index contributed by atoms with van der Waals surface area (Å²) in [6.07, 6.45) is -0.718. The Bertz CT molecular complexity index is 2340. The normalized spacial score (nSPS) is 23.2. The van der Waals surface area contributed by atoms with Crippen molar-refractivity contribution in [2.24, 2.45) is 0 Å². The van der Waals surface area contributed by atoms with Crippen LogP contribution in [-0.2, 0) is 33.1 Å². The van der Waals surface area contributed by atoms with E-state index in [4.69, 9.17) is 18.9 Å². The number of para-hydroxylation sites is 2. The van der Waals surface area contributed by atoms with Gasteiger partial charge >= 0.3 is 5.97 Å². The van der Waals surface area contributed by atoms with Crippen LogP contribution in [0.5, 0.6) is 11.5 Å². The van der Waals surface area contributed by atoms with Crippen LogP contribution in [0.2, 0.25) is 0 Å². The van der Waals surface area contributed by atoms with Crippen LogP contribution in [0, 0.1) is 0 Å². The molecule has 0 radical (unpaired) electrons. The second-order valence-corrected chi connectivity index (χ2v) is 12.5. The number of hydrogen-bond donors (Lipinski definition) is 1. The summed E-state index contributed by atoms with van der Waals surface area (Å²) in [5.41, 5.74) is 2.34. The minimum atomic E-state index is -1.98. The Morgan fingerprint density at radius 1 is 0.935 bits per heavy atom. The van der Waals surface area contributed by atoms with Gasteiger partial charge in [0.2, 0.25) is 5.60 Å². The van der Waals surface area contributed by atoms with Crippen molar-refractivity contribution >= 4 is 55.5 Å². The van der Waals surface area contributed by atoms with E-state index >= 15 is 0 Å². The van der Waals surface area contributed by atoms with Gasteiger partial charge < -0.3 is 38.1 Å². The highest BCUT2D eigenvalue weighted by Gasteiger charge is 2.66. The predicted molar refractivity (Wildman–Crippen MR) is 171 cm³/mol. The van der Waals surface area contributed by atoms with E-state index in [2.05, 4.69) is 4.57 Å². The second-order valence-electron chi connectivity index (χ2n) is 12.5. The minimum absolute atomic E-state index is 0.0200. The molecule has 0 unspecified atom stereocenters. The van der Waals surface area contributed by atoms with Crippen molar-refractivity contribution in [2.45, 2.75) is 44.0 Å². The van der Waals surface area contributed by atoms with Gasteiger partial charge in [-0.3, -0.25) is 4.79 Å². The van der Waals surface area contributed by atoms with Gasteiger partial charge in [-0.05, 0) is 42.3 Å². The SMILES string of the molecule is COC(=O)[C@@]1(O)C[C@H]2O[C@]1(C)n1c3ccccc3c3c4c(c5c6ccccc6n2c5c31)C(=O)N(Cc1ccc(OC)c(OC)c1)C4. The Balaban J connectivity index is 1.39. The Labute approximate surface area is 263 Å². The molecule has 1 amide bonds. The molecule has 0 aliphatic carbocycles. The summed E-state index contributed by atoms with van der Waals surface area (Å²) in [5, 5.41) is 15.8. The molecule has 1 saturated heterocycles. The number of carbonyl (C=O) groups excluding carboxylic acids is 2. The standard InChI is InChI=1S/C36H31N3O7/c1-35-36(42,34(41)45-4)16-27(46-35)38-23-11-7-5-9-20(23)29-30-22(28-21-10-6-8-12-24(21)39(35)32(28)31(29)38)18-37(33(30)40)17-19-13-14-25(43-2)26(15-19)44-3/h5-15,27,42H,16-18H2,1-4H3/t27-,35+,36+/m1/s1. The highest BCUT2D eigenvalue weighted by molar-refractivity contribution is 6.31. The first-order chi connectivity index (χ1) is 22.3. The molecule has 1 N–H and O–H groups in total. The summed E-state index contributed by atoms with van der Waals surface area (Å²) in [6, 6.07) is 21.6. The highest BCUT2D eigenvalue weighted by atomic mass is 16.6. The van der Waals surface area contributed by atoms with Crippen molar-refractivity contribution in [3.63, 3.8) is 0 Å². The van der Waals surface area contributed by atoms with Gasteiger partial charge in [0.05, 0.1) is 49.0 Å². The van der Waals surface area contributed by atoms with Gasteiger partial charge in [-0.25, -0.2) is 4.79 Å². The number of ether oxygens (including phenoxy) is 4. The number of rotatable bonds is 5. The molecule has 46 heavy (non-hydrogen) atoms. The fourth-order valence-corrected chi connectivity index (χ4v) is 8.35. The van der Waals surface area contributed by atoms with Crippen LogP contribution in [0.15, 0.2) is 66.7 Å². The van der Waals surface area contributed by atoms with Crippen LogP contribution in [0.1, 0.15) is 41.1 Å². The Morgan fingerprint density at radius 3 is 2.35 bits per heavy atom. The average molecular weight is 618 g/mol. The van der Waals surface area contributed by atoms with Gasteiger partial charge in [0.25, 0.3) is 5.91 Å². The van der Waals surface area contributed by atoms with Crippen LogP contribution in [0.4, 0.5) is 0 Å². The van der Waals surface area contributed by atoms with E-state index in [1.165, 1.54) is 7.11 Å². The monoisotopic (exact) mass is 617 g/mol. The van der Waals surface area contributed by atoms with Crippen LogP contribution in [0.3, 0.4) is 0 Å². The largest absolute Gasteiger partial charge is 0.493 e. The van der Waals surface area contributed by atoms with E-state index < -0.39 is 23.5 Å². The van der Waals surface area contributed by atoms with E-state index in [0.29, 0.717) is 30.2 Å². The molecule has 3 atom stereocenters. The maximum absolute atomic E-state index is 14.6. The van der Waals surface area contributed by atoms with E-state index in [1.807, 2.05) is 76.2 Å². The number of esters is 1. The molecule has 10 nitrogen and oxygen atoms in total. The summed E-state index contributed by atoms with van der Waals surface area (Å²) < 4.78 is 27.0. The molecular weight excluding hydrogens is 586 g/mol. The van der Waals surface area contributed by atoms with E-state index in [0.717, 1.165) is 54.7 Å². The lowest BCUT2D eigenvalue weighted by atomic mass is 9.88. The number of carbonyl (C=O) groups is 2. The molecule has 4 aromatic carbocycles. The fourth-order valence-electron chi connectivity index (χ4n) is 8.35. The van der Waals surface area contributed by atoms with Gasteiger partial charge in [0.15, 0.2) is 17.2 Å². The summed E-state index contributed by atoms with van der Waals surface area (Å²) in [6.45, 7) is 2.52. The maximum Gasteiger partial charge on any atom is 0.343 e. The summed E-state index contributed by atoms with van der Waals surface area (Å²) in [7, 11) is 4.48. The third kappa shape index (κ3) is 3.08. The lowest BCUT2D eigenvalue weighted by molar-refractivity contribution is -0.202. The van der Waals surface area contributed by atoms with Gasteiger partial charge in [0.1, 0.15) is 6.23 Å². The molecule has 10 heteroatoms. The molecule has 3 aliphatic rings. The smallest absolute Gasteiger partial charge is 0.343 e. The summed E-state index contributed by atoms with van der Waals surface area (Å²) in [5.74, 6) is 0.415. The number of aliphatic hydroxyl groups is 1. The summed E-state index contributed by atoms with van der Waals surface area (Å²) in [4.78, 5) is 29.9. The Morgan fingerprint density at radius 2 is 1.63 bits per heavy atom. The lowest BCUT2D eigenvalue weighted by Gasteiger charge is -2.37. The maximum atomic E-state index is 14.6. The molecule has 0 spiro atoms. The number of fused-ring (bicyclic) bond motifs is 13. The average Bonchev–Trinajstić information content (AvgIpc) is 3.75. The van der Waals surface area contributed by atoms with Crippen molar-refractivity contribution in [1.29, 1.82) is 0 Å². The lowest BCUT2D eigenvalue weighted by Crippen LogP contribution is -2.56. The van der Waals surface area contributed by atoms with E-state index in [1.54, 1.807) is 21.1 Å². The molecular formula is C36H31N3O7. The third-order valence-corrected chi connectivity index (χ3v) is 10.4. The fraction of sp³-hybridized carbons (Fsp3) is 0.278. The molecule has 6 aromatic rings. The minimum Gasteiger partial charge on any atom is -0.493 e. The van der Waals surface area contributed by atoms with Gasteiger partial charge in [0, 0.05) is 41.1 Å². The van der Waals surface area contributed by atoms with Crippen molar-refractivity contribution in [2.75, 3.05) is 21.3 Å². The first-order valence-electron chi connectivity index (χ1n) is 15.3. The van der Waals surface area contributed by atoms with Crippen molar-refractivity contribution < 1.29 is 33.6 Å². The van der Waals surface area contributed by atoms with Crippen LogP contribution < -0.4 is 9.47 Å². The van der Waals surface area contributed by atoms with Crippen LogP contribution in [-0.4, -0.2) is 57.9 Å². The Kier molecular flexibility index (Phi) is 5.35. The zero-order valence-corrected chi connectivity index (χ0v) is 25.8. The topological polar surface area (TPSA) is 104 Å². The molecule has 0 saturated carbocycles. The number of nitrogens with zero attached hydrogens (tertiary/aromatic N) is 3. The molecule has 5 heterocycles. The Hall–Kier alpha value is -5.06. The molecule has 232 valence electrons. The predicted octanol–water partition coefficient (Wildman–Crippen LogP) is 5.58. The van der Waals surface area contributed by atoms with Crippen molar-refractivity contribution in [1.82, 2.24) is 14.0 Å². The van der Waals surface area contributed by atoms with Gasteiger partial charge in [-0.15, -0.1) is 0 Å². The number of hydrogen-bond acceptors (Lipinski definition) is 7. The first-order valence-corrected chi connectivity index (χ1v) is 15.3. The first kappa shape index (κ1) is 27.3. The number of benzene rings is 4. The zero-order chi connectivity index (χ0) is 31.7. The van der Waals surface area contributed by atoms with E-state index in [9.17, 15) is 14.7 Å². The van der Waals surface area contributed by atoms with Crippen LogP contribution in [0.25, 0.3) is 43.6 Å². The number of amides is 1. The van der Waals surface area contributed by atoms with Gasteiger partial charge in [-0.1, -0.05) is 42.5 Å². The highest BCUT2D eigenvalue weighted by Crippen LogP contribution is 2.58.